The van der Waals surface area contributed by atoms with Crippen LogP contribution in [0.25, 0.3) is 11.2 Å². The smallest absolute Gasteiger partial charge is 0.410 e. The summed E-state index contributed by atoms with van der Waals surface area (Å²) in [4.78, 5) is 39.0. The molecule has 1 aliphatic heterocycles. The van der Waals surface area contributed by atoms with Gasteiger partial charge in [-0.2, -0.15) is 0 Å². The summed E-state index contributed by atoms with van der Waals surface area (Å²) in [5.41, 5.74) is 6.97. The molecule has 3 fully saturated rings. The van der Waals surface area contributed by atoms with Crippen molar-refractivity contribution in [2.75, 3.05) is 18.4 Å². The molecule has 2 aromatic heterocycles. The maximum absolute atomic E-state index is 12.7. The molecule has 9 nitrogen and oxygen atoms in total. The van der Waals surface area contributed by atoms with Gasteiger partial charge in [0.15, 0.2) is 5.65 Å². The van der Waals surface area contributed by atoms with E-state index in [1.807, 2.05) is 20.8 Å². The first-order valence-electron chi connectivity index (χ1n) is 12.7. The van der Waals surface area contributed by atoms with Gasteiger partial charge in [-0.3, -0.25) is 4.79 Å². The molecule has 3 heterocycles. The van der Waals surface area contributed by atoms with Gasteiger partial charge in [0.1, 0.15) is 16.9 Å². The van der Waals surface area contributed by atoms with E-state index in [0.29, 0.717) is 42.0 Å². The van der Waals surface area contributed by atoms with Crippen molar-refractivity contribution in [3.8, 4) is 0 Å². The van der Waals surface area contributed by atoms with Crippen LogP contribution in [0.1, 0.15) is 58.7 Å². The number of aromatic amines is 1. The van der Waals surface area contributed by atoms with Crippen molar-refractivity contribution in [2.45, 2.75) is 64.0 Å². The number of aromatic nitrogens is 3. The summed E-state index contributed by atoms with van der Waals surface area (Å²) in [6.07, 6.45) is 7.94. The summed E-state index contributed by atoms with van der Waals surface area (Å²) in [6, 6.07) is 0. The Morgan fingerprint density at radius 1 is 1.36 bits per heavy atom. The highest BCUT2D eigenvalue weighted by molar-refractivity contribution is 6.34. The Morgan fingerprint density at radius 3 is 2.83 bits per heavy atom. The molecule has 36 heavy (non-hydrogen) atoms. The van der Waals surface area contributed by atoms with E-state index in [9.17, 15) is 9.59 Å². The van der Waals surface area contributed by atoms with Gasteiger partial charge in [-0.15, -0.1) is 0 Å². The Labute approximate surface area is 215 Å². The van der Waals surface area contributed by atoms with Gasteiger partial charge in [0.05, 0.1) is 22.4 Å². The normalized spacial score (nSPS) is 34.3. The van der Waals surface area contributed by atoms with E-state index in [1.165, 1.54) is 0 Å². The molecule has 0 radical (unpaired) electrons. The van der Waals surface area contributed by atoms with Crippen molar-refractivity contribution in [1.82, 2.24) is 19.9 Å². The van der Waals surface area contributed by atoms with Gasteiger partial charge in [0, 0.05) is 36.8 Å². The lowest BCUT2D eigenvalue weighted by molar-refractivity contribution is -0.120. The first kappa shape index (κ1) is 23.6. The fraction of sp³-hybridized carbons (Fsp3) is 0.615. The Bertz CT molecular complexity index is 1300. The van der Waals surface area contributed by atoms with Gasteiger partial charge in [0.2, 0.25) is 5.91 Å². The first-order valence-corrected chi connectivity index (χ1v) is 13.1. The van der Waals surface area contributed by atoms with Crippen LogP contribution in [0.3, 0.4) is 0 Å². The topological polar surface area (TPSA) is 126 Å². The van der Waals surface area contributed by atoms with Crippen LogP contribution >= 0.6 is 11.6 Å². The molecule has 4 N–H and O–H groups in total. The number of nitrogens with two attached hydrogens (primary N) is 1. The monoisotopic (exact) mass is 512 g/mol. The van der Waals surface area contributed by atoms with Crippen molar-refractivity contribution < 1.29 is 14.3 Å². The van der Waals surface area contributed by atoms with Crippen LogP contribution in [0.4, 0.5) is 10.5 Å². The second-order valence-corrected chi connectivity index (χ2v) is 12.4. The van der Waals surface area contributed by atoms with Crippen LogP contribution in [0.15, 0.2) is 18.3 Å². The minimum Gasteiger partial charge on any atom is -0.444 e. The van der Waals surface area contributed by atoms with Gasteiger partial charge in [-0.05, 0) is 45.4 Å². The maximum atomic E-state index is 12.7. The highest BCUT2D eigenvalue weighted by Crippen LogP contribution is 2.85. The third-order valence-electron chi connectivity index (χ3n) is 8.87. The molecule has 0 spiro atoms. The number of anilines is 1. The van der Waals surface area contributed by atoms with Gasteiger partial charge in [0.25, 0.3) is 0 Å². The van der Waals surface area contributed by atoms with Gasteiger partial charge < -0.3 is 25.7 Å². The number of allylic oxidation sites excluding steroid dienone is 1. The van der Waals surface area contributed by atoms with E-state index in [0.717, 1.165) is 29.9 Å². The zero-order valence-electron chi connectivity index (χ0n) is 21.1. The SMILES string of the molecule is CC(C)(C)OC(=O)N1CCCC(c2nc3ncc(Cl)c(NC45C(CC(N)=O)C6C=CC4C65C)c3[nH]2)C1. The van der Waals surface area contributed by atoms with Crippen molar-refractivity contribution in [1.29, 1.82) is 0 Å². The van der Waals surface area contributed by atoms with E-state index < -0.39 is 5.60 Å². The molecule has 1 saturated heterocycles. The van der Waals surface area contributed by atoms with Crippen LogP contribution in [0.5, 0.6) is 0 Å². The number of nitrogens with zero attached hydrogens (tertiary/aromatic N) is 3. The number of hydrogen-bond donors (Lipinski definition) is 3. The largest absolute Gasteiger partial charge is 0.444 e. The molecule has 2 saturated carbocycles. The number of likely N-dealkylation sites (tertiary alicyclic amines) is 1. The minimum absolute atomic E-state index is 0.0432. The summed E-state index contributed by atoms with van der Waals surface area (Å²) in [7, 11) is 0. The zero-order chi connectivity index (χ0) is 25.6. The predicted molar refractivity (Wildman–Crippen MR) is 137 cm³/mol. The van der Waals surface area contributed by atoms with Gasteiger partial charge in [-0.25, -0.2) is 14.8 Å². The van der Waals surface area contributed by atoms with Crippen molar-refractivity contribution in [2.24, 2.45) is 28.9 Å². The number of imidazole rings is 1. The number of hydrogen-bond acceptors (Lipinski definition) is 6. The summed E-state index contributed by atoms with van der Waals surface area (Å²) in [5, 5.41) is 4.25. The van der Waals surface area contributed by atoms with Crippen molar-refractivity contribution in [3.05, 3.63) is 29.2 Å². The number of pyridine rings is 1. The molecule has 3 aliphatic carbocycles. The van der Waals surface area contributed by atoms with E-state index in [4.69, 9.17) is 27.1 Å². The van der Waals surface area contributed by atoms with E-state index in [2.05, 4.69) is 34.4 Å². The number of carbonyl (C=O) groups is 2. The quantitative estimate of drug-likeness (QED) is 0.515. The number of carbonyl (C=O) groups excluding carboxylic acids is 2. The molecule has 0 bridgehead atoms. The summed E-state index contributed by atoms with van der Waals surface area (Å²) < 4.78 is 5.58. The molecule has 2 aromatic rings. The third kappa shape index (κ3) is 3.20. The Kier molecular flexibility index (Phi) is 4.98. The summed E-state index contributed by atoms with van der Waals surface area (Å²) >= 11 is 6.68. The van der Waals surface area contributed by atoms with Crippen LogP contribution < -0.4 is 11.1 Å². The number of rotatable bonds is 5. The average Bonchev–Trinajstić information content (AvgIpc) is 3.14. The molecule has 6 rings (SSSR count). The van der Waals surface area contributed by atoms with E-state index in [1.54, 1.807) is 11.1 Å². The number of ether oxygens (including phenoxy) is 1. The summed E-state index contributed by atoms with van der Waals surface area (Å²) in [6.45, 7) is 9.08. The lowest BCUT2D eigenvalue weighted by Crippen LogP contribution is -2.55. The van der Waals surface area contributed by atoms with Crippen LogP contribution in [-0.2, 0) is 9.53 Å². The van der Waals surface area contributed by atoms with E-state index >= 15 is 0 Å². The lowest BCUT2D eigenvalue weighted by atomic mass is 9.60. The number of primary amides is 1. The second kappa shape index (κ2) is 7.60. The highest BCUT2D eigenvalue weighted by atomic mass is 35.5. The number of fused-ring (bicyclic) bond motifs is 2. The average molecular weight is 513 g/mol. The molecule has 4 aliphatic rings. The minimum atomic E-state index is -0.538. The van der Waals surface area contributed by atoms with E-state index in [-0.39, 0.29) is 34.8 Å². The molecule has 6 atom stereocenters. The number of H-pyrrole nitrogens is 1. The molecule has 6 unspecified atom stereocenters. The molecular formula is C26H33ClN6O3. The molecule has 10 heteroatoms. The van der Waals surface area contributed by atoms with Crippen molar-refractivity contribution >= 4 is 40.5 Å². The fourth-order valence-electron chi connectivity index (χ4n) is 7.32. The maximum Gasteiger partial charge on any atom is 0.410 e. The van der Waals surface area contributed by atoms with Crippen LogP contribution in [0, 0.1) is 23.2 Å². The molecular weight excluding hydrogens is 480 g/mol. The third-order valence-corrected chi connectivity index (χ3v) is 9.16. The molecule has 192 valence electrons. The van der Waals surface area contributed by atoms with Gasteiger partial charge in [-0.1, -0.05) is 30.7 Å². The Morgan fingerprint density at radius 2 is 2.14 bits per heavy atom. The zero-order valence-corrected chi connectivity index (χ0v) is 21.9. The summed E-state index contributed by atoms with van der Waals surface area (Å²) in [5.74, 6) is 1.37. The second-order valence-electron chi connectivity index (χ2n) is 12.0. The van der Waals surface area contributed by atoms with Crippen molar-refractivity contribution in [3.63, 3.8) is 0 Å². The number of amides is 2. The van der Waals surface area contributed by atoms with Crippen LogP contribution in [-0.4, -0.2) is 56.1 Å². The molecule has 0 aromatic carbocycles. The number of halogens is 1. The Balaban J connectivity index is 1.28. The van der Waals surface area contributed by atoms with Crippen LogP contribution in [0.2, 0.25) is 5.02 Å². The lowest BCUT2D eigenvalue weighted by Gasteiger charge is -2.49. The number of piperidine rings is 1. The Hall–Kier alpha value is -2.81. The predicted octanol–water partition coefficient (Wildman–Crippen LogP) is 4.20. The number of nitrogens with one attached hydrogen (secondary N) is 2. The first-order chi connectivity index (χ1) is 17.0. The highest BCUT2D eigenvalue weighted by Gasteiger charge is 2.89. The molecule has 2 amide bonds. The standard InChI is InChI=1S/C26H33ClN6O3/c1-24(2,3)36-23(35)33-9-5-6-13(12-33)21-30-20-19(16(27)11-29-22(20)31-21)32-26-15(10-18(28)34)14-7-8-17(26)25(14,26)4/h7-8,11,13-15,17H,5-6,9-10,12H2,1-4H3,(H2,28,34)(H2,29,30,31,32). The van der Waals surface area contributed by atoms with Gasteiger partial charge >= 0.3 is 6.09 Å². The fourth-order valence-corrected chi connectivity index (χ4v) is 7.51.